The summed E-state index contributed by atoms with van der Waals surface area (Å²) < 4.78 is 5.21. The van der Waals surface area contributed by atoms with Crippen molar-refractivity contribution in [2.24, 2.45) is 22.7 Å². The minimum atomic E-state index is -0.873. The van der Waals surface area contributed by atoms with Gasteiger partial charge in [-0.2, -0.15) is 0 Å². The first-order valence-corrected chi connectivity index (χ1v) is 10.3. The maximum atomic E-state index is 12.5. The van der Waals surface area contributed by atoms with E-state index in [-0.39, 0.29) is 23.9 Å². The number of hydrogen-bond donors (Lipinski definition) is 2. The van der Waals surface area contributed by atoms with E-state index in [1.807, 2.05) is 34.6 Å². The number of nitrogens with zero attached hydrogens (tertiary/aromatic N) is 1. The molecule has 158 valence electrons. The average Bonchev–Trinajstić information content (AvgIpc) is 2.58. The van der Waals surface area contributed by atoms with Crippen LogP contribution in [0.2, 0.25) is 0 Å². The van der Waals surface area contributed by atoms with Crippen molar-refractivity contribution in [2.45, 2.75) is 94.0 Å². The van der Waals surface area contributed by atoms with Crippen molar-refractivity contribution >= 4 is 11.6 Å². The lowest BCUT2D eigenvalue weighted by Crippen LogP contribution is -2.37. The highest BCUT2D eigenvalue weighted by molar-refractivity contribution is 5.85. The number of carbonyl (C=O) groups is 1. The zero-order valence-electron chi connectivity index (χ0n) is 18.9. The first-order chi connectivity index (χ1) is 12.5. The van der Waals surface area contributed by atoms with E-state index in [9.17, 15) is 9.90 Å². The van der Waals surface area contributed by atoms with Crippen molar-refractivity contribution in [3.63, 3.8) is 0 Å². The number of nitrogens with one attached hydrogen (secondary N) is 1. The van der Waals surface area contributed by atoms with Crippen LogP contribution in [0, 0.1) is 17.8 Å². The van der Waals surface area contributed by atoms with Crippen LogP contribution in [0.1, 0.15) is 81.6 Å². The summed E-state index contributed by atoms with van der Waals surface area (Å²) in [6, 6.07) is 0. The van der Waals surface area contributed by atoms with Crippen LogP contribution in [0.4, 0.5) is 0 Å². The monoisotopic (exact) mass is 382 g/mol. The molecule has 2 N–H and O–H groups in total. The van der Waals surface area contributed by atoms with Gasteiger partial charge >= 0.3 is 0 Å². The quantitative estimate of drug-likeness (QED) is 0.292. The zero-order chi connectivity index (χ0) is 21.1. The van der Waals surface area contributed by atoms with Crippen LogP contribution in [0.5, 0.6) is 0 Å². The fraction of sp³-hybridized carbons (Fsp3) is 0.818. The molecule has 5 heteroatoms. The highest BCUT2D eigenvalue weighted by atomic mass is 16.6. The van der Waals surface area contributed by atoms with Gasteiger partial charge in [0.25, 0.3) is 0 Å². The molecule has 0 aromatic heterocycles. The SMILES string of the molecule is CCOC(O)C(C)C(C)=NC(C)NC(=O)C(C)CC(C)=C(C)CCC(C)C. The van der Waals surface area contributed by atoms with E-state index in [1.54, 1.807) is 0 Å². The number of aliphatic hydroxyl groups is 1. The van der Waals surface area contributed by atoms with E-state index in [0.717, 1.165) is 18.6 Å². The van der Waals surface area contributed by atoms with Gasteiger partial charge in [-0.1, -0.05) is 38.8 Å². The van der Waals surface area contributed by atoms with Crippen molar-refractivity contribution in [3.8, 4) is 0 Å². The summed E-state index contributed by atoms with van der Waals surface area (Å²) in [4.78, 5) is 17.0. The van der Waals surface area contributed by atoms with E-state index in [2.05, 4.69) is 38.0 Å². The molecule has 0 fully saturated rings. The molecule has 0 saturated heterocycles. The van der Waals surface area contributed by atoms with Crippen LogP contribution < -0.4 is 5.32 Å². The van der Waals surface area contributed by atoms with Crippen molar-refractivity contribution in [3.05, 3.63) is 11.1 Å². The topological polar surface area (TPSA) is 70.9 Å². The van der Waals surface area contributed by atoms with Gasteiger partial charge in [0, 0.05) is 24.2 Å². The maximum Gasteiger partial charge on any atom is 0.224 e. The van der Waals surface area contributed by atoms with Gasteiger partial charge in [0.15, 0.2) is 6.29 Å². The fourth-order valence-electron chi connectivity index (χ4n) is 2.77. The Bertz CT molecular complexity index is 512. The zero-order valence-corrected chi connectivity index (χ0v) is 18.9. The molecule has 0 aliphatic carbocycles. The number of amides is 1. The lowest BCUT2D eigenvalue weighted by molar-refractivity contribution is -0.125. The highest BCUT2D eigenvalue weighted by Gasteiger charge is 2.19. The summed E-state index contributed by atoms with van der Waals surface area (Å²) >= 11 is 0. The molecule has 0 saturated carbocycles. The maximum absolute atomic E-state index is 12.5. The number of allylic oxidation sites excluding steroid dienone is 2. The smallest absolute Gasteiger partial charge is 0.224 e. The minimum absolute atomic E-state index is 0.00747. The Labute approximate surface area is 166 Å². The molecule has 27 heavy (non-hydrogen) atoms. The third-order valence-electron chi connectivity index (χ3n) is 5.06. The Morgan fingerprint density at radius 1 is 1.07 bits per heavy atom. The second-order valence-electron chi connectivity index (χ2n) is 8.19. The summed E-state index contributed by atoms with van der Waals surface area (Å²) in [6.45, 7) is 18.6. The second kappa shape index (κ2) is 13.1. The van der Waals surface area contributed by atoms with Crippen molar-refractivity contribution in [2.75, 3.05) is 6.61 Å². The summed E-state index contributed by atoms with van der Waals surface area (Å²) in [5.41, 5.74) is 3.46. The van der Waals surface area contributed by atoms with Gasteiger partial charge in [-0.15, -0.1) is 0 Å². The van der Waals surface area contributed by atoms with E-state index in [1.165, 1.54) is 17.6 Å². The largest absolute Gasteiger partial charge is 0.367 e. The van der Waals surface area contributed by atoms with Gasteiger partial charge in [-0.05, 0) is 59.8 Å². The number of aliphatic imine (C=N–C) groups is 1. The van der Waals surface area contributed by atoms with E-state index < -0.39 is 6.29 Å². The Balaban J connectivity index is 4.69. The molecule has 1 amide bonds. The summed E-state index contributed by atoms with van der Waals surface area (Å²) in [6.07, 6.45) is 1.84. The number of aliphatic hydroxyl groups excluding tert-OH is 1. The highest BCUT2D eigenvalue weighted by Crippen LogP contribution is 2.20. The molecule has 0 aromatic rings. The van der Waals surface area contributed by atoms with Crippen LogP contribution in [-0.2, 0) is 9.53 Å². The summed E-state index contributed by atoms with van der Waals surface area (Å²) in [7, 11) is 0. The third kappa shape index (κ3) is 10.6. The van der Waals surface area contributed by atoms with Crippen LogP contribution in [0.3, 0.4) is 0 Å². The second-order valence-corrected chi connectivity index (χ2v) is 8.19. The fourth-order valence-corrected chi connectivity index (χ4v) is 2.77. The number of ether oxygens (including phenoxy) is 1. The number of carbonyl (C=O) groups excluding carboxylic acids is 1. The number of hydrogen-bond acceptors (Lipinski definition) is 4. The van der Waals surface area contributed by atoms with E-state index >= 15 is 0 Å². The van der Waals surface area contributed by atoms with E-state index in [4.69, 9.17) is 4.74 Å². The normalized spacial score (nSPS) is 18.0. The lowest BCUT2D eigenvalue weighted by atomic mass is 9.94. The van der Waals surface area contributed by atoms with Crippen molar-refractivity contribution < 1.29 is 14.6 Å². The van der Waals surface area contributed by atoms with Crippen LogP contribution in [0.25, 0.3) is 0 Å². The Morgan fingerprint density at radius 2 is 1.67 bits per heavy atom. The molecule has 5 nitrogen and oxygen atoms in total. The first kappa shape index (κ1) is 25.8. The average molecular weight is 383 g/mol. The summed E-state index contributed by atoms with van der Waals surface area (Å²) in [5.74, 6) is 0.394. The van der Waals surface area contributed by atoms with Crippen LogP contribution >= 0.6 is 0 Å². The van der Waals surface area contributed by atoms with Gasteiger partial charge in [0.1, 0.15) is 6.17 Å². The Hall–Kier alpha value is -1.20. The molecule has 0 aliphatic heterocycles. The molecule has 0 aliphatic rings. The summed E-state index contributed by atoms with van der Waals surface area (Å²) in [5, 5.41) is 12.9. The molecule has 4 atom stereocenters. The lowest BCUT2D eigenvalue weighted by Gasteiger charge is -2.21. The molecule has 0 bridgehead atoms. The van der Waals surface area contributed by atoms with Gasteiger partial charge in [-0.25, -0.2) is 0 Å². The predicted octanol–water partition coefficient (Wildman–Crippen LogP) is 4.70. The van der Waals surface area contributed by atoms with Crippen LogP contribution in [0.15, 0.2) is 16.1 Å². The molecule has 4 unspecified atom stereocenters. The minimum Gasteiger partial charge on any atom is -0.367 e. The van der Waals surface area contributed by atoms with Gasteiger partial charge < -0.3 is 15.2 Å². The van der Waals surface area contributed by atoms with Crippen molar-refractivity contribution in [1.82, 2.24) is 5.32 Å². The molecular formula is C22H42N2O3. The Kier molecular flexibility index (Phi) is 12.5. The van der Waals surface area contributed by atoms with Crippen LogP contribution in [-0.4, -0.2) is 35.8 Å². The number of rotatable bonds is 12. The van der Waals surface area contributed by atoms with Crippen molar-refractivity contribution in [1.29, 1.82) is 0 Å². The molecule has 0 rings (SSSR count). The molecule has 0 heterocycles. The van der Waals surface area contributed by atoms with E-state index in [0.29, 0.717) is 12.5 Å². The van der Waals surface area contributed by atoms with Gasteiger partial charge in [0.2, 0.25) is 5.91 Å². The first-order valence-electron chi connectivity index (χ1n) is 10.3. The third-order valence-corrected chi connectivity index (χ3v) is 5.06. The standard InChI is InChI=1S/C22H42N2O3/c1-10-27-22(26)18(7)19(8)23-20(9)24-21(25)17(6)13-16(5)15(4)12-11-14(2)3/h14,17-18,20,22,26H,10-13H2,1-9H3,(H,24,25). The molecular weight excluding hydrogens is 340 g/mol. The molecule has 0 spiro atoms. The molecule has 0 radical (unpaired) electrons. The Morgan fingerprint density at radius 3 is 2.19 bits per heavy atom. The van der Waals surface area contributed by atoms with Gasteiger partial charge in [0.05, 0.1) is 0 Å². The molecule has 0 aromatic carbocycles. The van der Waals surface area contributed by atoms with Gasteiger partial charge in [-0.3, -0.25) is 9.79 Å². The predicted molar refractivity (Wildman–Crippen MR) is 114 cm³/mol.